The van der Waals surface area contributed by atoms with Gasteiger partial charge in [0, 0.05) is 13.0 Å². The van der Waals surface area contributed by atoms with E-state index in [-0.39, 0.29) is 23.4 Å². The van der Waals surface area contributed by atoms with E-state index in [0.717, 1.165) is 30.5 Å². The molecule has 0 radical (unpaired) electrons. The summed E-state index contributed by atoms with van der Waals surface area (Å²) in [5.74, 6) is 0.986. The first-order valence-electron chi connectivity index (χ1n) is 11.7. The normalized spacial score (nSPS) is 12.3. The van der Waals surface area contributed by atoms with Crippen molar-refractivity contribution in [3.8, 4) is 5.69 Å². The lowest BCUT2D eigenvalue weighted by molar-refractivity contribution is -0.134. The van der Waals surface area contributed by atoms with E-state index in [0.29, 0.717) is 29.7 Å². The summed E-state index contributed by atoms with van der Waals surface area (Å²) >= 11 is 0. The predicted octanol–water partition coefficient (Wildman–Crippen LogP) is 5.82. The molecule has 0 bridgehead atoms. The molecule has 1 atom stereocenters. The van der Waals surface area contributed by atoms with Gasteiger partial charge in [0.15, 0.2) is 0 Å². The topological polar surface area (TPSA) is 55.2 Å². The number of carbonyl (C=O) groups excluding carboxylic acids is 1. The third-order valence-corrected chi connectivity index (χ3v) is 5.84. The highest BCUT2D eigenvalue weighted by molar-refractivity contribution is 5.79. The van der Waals surface area contributed by atoms with Crippen molar-refractivity contribution >= 4 is 16.8 Å². The Kier molecular flexibility index (Phi) is 7.84. The molecular weight excluding hydrogens is 398 g/mol. The number of unbranched alkanes of at least 4 members (excludes halogenated alkanes) is 2. The number of aryl methyl sites for hydroxylation is 1. The Bertz CT molecular complexity index is 1120. The van der Waals surface area contributed by atoms with Gasteiger partial charge in [0.1, 0.15) is 5.82 Å². The molecule has 0 spiro atoms. The predicted molar refractivity (Wildman–Crippen MR) is 131 cm³/mol. The highest BCUT2D eigenvalue weighted by atomic mass is 16.2. The molecule has 1 unspecified atom stereocenters. The fourth-order valence-corrected chi connectivity index (χ4v) is 4.05. The molecule has 0 aliphatic carbocycles. The molecule has 0 N–H and O–H groups in total. The second-order valence-corrected chi connectivity index (χ2v) is 9.03. The van der Waals surface area contributed by atoms with Crippen LogP contribution in [0.15, 0.2) is 53.3 Å². The van der Waals surface area contributed by atoms with E-state index < -0.39 is 0 Å². The van der Waals surface area contributed by atoms with Crippen LogP contribution in [0.5, 0.6) is 0 Å². The molecular formula is C27H35N3O2. The number of fused-ring (bicyclic) bond motifs is 1. The first kappa shape index (κ1) is 23.7. The average Bonchev–Trinajstić information content (AvgIpc) is 2.76. The first-order chi connectivity index (χ1) is 15.3. The van der Waals surface area contributed by atoms with Gasteiger partial charge in [-0.1, -0.05) is 63.4 Å². The molecule has 5 nitrogen and oxygen atoms in total. The van der Waals surface area contributed by atoms with Gasteiger partial charge in [0.2, 0.25) is 5.91 Å². The van der Waals surface area contributed by atoms with Crippen LogP contribution < -0.4 is 5.56 Å². The monoisotopic (exact) mass is 433 g/mol. The van der Waals surface area contributed by atoms with Crippen molar-refractivity contribution < 1.29 is 4.79 Å². The van der Waals surface area contributed by atoms with E-state index in [4.69, 9.17) is 4.98 Å². The Labute approximate surface area is 191 Å². The van der Waals surface area contributed by atoms with Gasteiger partial charge in [-0.15, -0.1) is 0 Å². The van der Waals surface area contributed by atoms with E-state index >= 15 is 0 Å². The van der Waals surface area contributed by atoms with Crippen molar-refractivity contribution in [3.63, 3.8) is 0 Å². The zero-order valence-corrected chi connectivity index (χ0v) is 20.0. The van der Waals surface area contributed by atoms with Gasteiger partial charge in [-0.2, -0.15) is 0 Å². The van der Waals surface area contributed by atoms with E-state index in [1.165, 1.54) is 0 Å². The van der Waals surface area contributed by atoms with Gasteiger partial charge in [-0.3, -0.25) is 14.2 Å². The SMILES string of the molecule is CCCCCN(C(=O)CC(C)C)C(C)c1nc2ccccc2c(=O)n1-c1ccc(C)cc1. The summed E-state index contributed by atoms with van der Waals surface area (Å²) in [6.45, 7) is 11.0. The Morgan fingerprint density at radius 1 is 1.03 bits per heavy atom. The second kappa shape index (κ2) is 10.6. The average molecular weight is 434 g/mol. The standard InChI is InChI=1S/C27H35N3O2/c1-6-7-10-17-29(25(31)18-19(2)3)21(5)26-28-24-12-9-8-11-23(24)27(32)30(26)22-15-13-20(4)14-16-22/h8-9,11-16,19,21H,6-7,10,17-18H2,1-5H3. The van der Waals surface area contributed by atoms with E-state index in [9.17, 15) is 9.59 Å². The number of para-hydroxylation sites is 1. The molecule has 32 heavy (non-hydrogen) atoms. The highest BCUT2D eigenvalue weighted by Gasteiger charge is 2.26. The van der Waals surface area contributed by atoms with Crippen LogP contribution >= 0.6 is 0 Å². The molecule has 0 aliphatic rings. The summed E-state index contributed by atoms with van der Waals surface area (Å²) in [6.07, 6.45) is 3.57. The zero-order chi connectivity index (χ0) is 23.3. The Morgan fingerprint density at radius 2 is 1.72 bits per heavy atom. The number of hydrogen-bond acceptors (Lipinski definition) is 3. The Hall–Kier alpha value is -2.95. The third kappa shape index (κ3) is 5.26. The van der Waals surface area contributed by atoms with Crippen LogP contribution in [0, 0.1) is 12.8 Å². The van der Waals surface area contributed by atoms with Crippen molar-refractivity contribution in [2.75, 3.05) is 6.54 Å². The van der Waals surface area contributed by atoms with E-state index in [1.807, 2.05) is 67.3 Å². The maximum atomic E-state index is 13.6. The number of benzene rings is 2. The molecule has 170 valence electrons. The lowest BCUT2D eigenvalue weighted by Crippen LogP contribution is -2.38. The smallest absolute Gasteiger partial charge is 0.266 e. The molecule has 1 heterocycles. The van der Waals surface area contributed by atoms with E-state index in [1.54, 1.807) is 4.57 Å². The summed E-state index contributed by atoms with van der Waals surface area (Å²) < 4.78 is 1.68. The number of carbonyl (C=O) groups is 1. The third-order valence-electron chi connectivity index (χ3n) is 5.84. The van der Waals surface area contributed by atoms with Crippen LogP contribution in [0.1, 0.15) is 70.8 Å². The summed E-state index contributed by atoms with van der Waals surface area (Å²) in [5.41, 5.74) is 2.45. The molecule has 0 fully saturated rings. The Morgan fingerprint density at radius 3 is 2.38 bits per heavy atom. The van der Waals surface area contributed by atoms with Gasteiger partial charge < -0.3 is 4.90 Å². The molecule has 1 amide bonds. The van der Waals surface area contributed by atoms with Crippen molar-refractivity contribution in [2.24, 2.45) is 5.92 Å². The lowest BCUT2D eigenvalue weighted by Gasteiger charge is -2.31. The van der Waals surface area contributed by atoms with Crippen LogP contribution in [0.2, 0.25) is 0 Å². The maximum Gasteiger partial charge on any atom is 0.266 e. The van der Waals surface area contributed by atoms with Crippen LogP contribution in [-0.4, -0.2) is 26.9 Å². The quantitative estimate of drug-likeness (QED) is 0.400. The summed E-state index contributed by atoms with van der Waals surface area (Å²) in [5, 5.41) is 0.579. The highest BCUT2D eigenvalue weighted by Crippen LogP contribution is 2.25. The van der Waals surface area contributed by atoms with Crippen LogP contribution in [0.3, 0.4) is 0 Å². The number of rotatable bonds is 9. The molecule has 0 saturated carbocycles. The summed E-state index contributed by atoms with van der Waals surface area (Å²) in [7, 11) is 0. The van der Waals surface area contributed by atoms with Crippen molar-refractivity contribution in [1.82, 2.24) is 14.5 Å². The summed E-state index contributed by atoms with van der Waals surface area (Å²) in [4.78, 5) is 33.6. The number of amides is 1. The molecule has 1 aromatic heterocycles. The van der Waals surface area contributed by atoms with E-state index in [2.05, 4.69) is 20.8 Å². The molecule has 2 aromatic carbocycles. The Balaban J connectivity index is 2.17. The number of aromatic nitrogens is 2. The first-order valence-corrected chi connectivity index (χ1v) is 11.7. The van der Waals surface area contributed by atoms with Crippen molar-refractivity contribution in [1.29, 1.82) is 0 Å². The van der Waals surface area contributed by atoms with Crippen LogP contribution in [0.4, 0.5) is 0 Å². The molecule has 3 aromatic rings. The molecule has 0 saturated heterocycles. The van der Waals surface area contributed by atoms with Gasteiger partial charge in [0.05, 0.1) is 22.6 Å². The fourth-order valence-electron chi connectivity index (χ4n) is 4.05. The molecule has 5 heteroatoms. The fraction of sp³-hybridized carbons (Fsp3) is 0.444. The van der Waals surface area contributed by atoms with Gasteiger partial charge in [-0.25, -0.2) is 4.98 Å². The summed E-state index contributed by atoms with van der Waals surface area (Å²) in [6, 6.07) is 15.0. The molecule has 3 rings (SSSR count). The second-order valence-electron chi connectivity index (χ2n) is 9.03. The minimum Gasteiger partial charge on any atom is -0.333 e. The van der Waals surface area contributed by atoms with Crippen LogP contribution in [-0.2, 0) is 4.79 Å². The van der Waals surface area contributed by atoms with Gasteiger partial charge >= 0.3 is 0 Å². The van der Waals surface area contributed by atoms with Crippen molar-refractivity contribution in [2.45, 2.75) is 66.3 Å². The minimum atomic E-state index is -0.322. The van der Waals surface area contributed by atoms with Gasteiger partial charge in [-0.05, 0) is 50.5 Å². The molecule has 0 aliphatic heterocycles. The number of hydrogen-bond donors (Lipinski definition) is 0. The maximum absolute atomic E-state index is 13.6. The van der Waals surface area contributed by atoms with Crippen molar-refractivity contribution in [3.05, 3.63) is 70.3 Å². The largest absolute Gasteiger partial charge is 0.333 e. The minimum absolute atomic E-state index is 0.105. The zero-order valence-electron chi connectivity index (χ0n) is 20.0. The van der Waals surface area contributed by atoms with Crippen LogP contribution in [0.25, 0.3) is 16.6 Å². The lowest BCUT2D eigenvalue weighted by atomic mass is 10.1. The number of nitrogens with zero attached hydrogens (tertiary/aromatic N) is 3. The van der Waals surface area contributed by atoms with Gasteiger partial charge in [0.25, 0.3) is 5.56 Å².